The molecule has 0 saturated heterocycles. The monoisotopic (exact) mass is 510 g/mol. The number of hydrogen-bond donors (Lipinski definition) is 1. The fourth-order valence-corrected chi connectivity index (χ4v) is 4.52. The highest BCUT2D eigenvalue weighted by Crippen LogP contribution is 2.31. The van der Waals surface area contributed by atoms with Crippen LogP contribution in [0.2, 0.25) is 10.0 Å². The molecule has 0 fully saturated rings. The van der Waals surface area contributed by atoms with Gasteiger partial charge >= 0.3 is 0 Å². The van der Waals surface area contributed by atoms with E-state index in [0.717, 1.165) is 11.1 Å². The zero-order valence-electron chi connectivity index (χ0n) is 20.6. The van der Waals surface area contributed by atoms with Crippen LogP contribution in [0.1, 0.15) is 56.7 Å². The van der Waals surface area contributed by atoms with Gasteiger partial charge in [0.05, 0.1) is 0 Å². The number of hydrogen-bond acceptors (Lipinski definition) is 2. The van der Waals surface area contributed by atoms with E-state index >= 15 is 0 Å². The van der Waals surface area contributed by atoms with E-state index in [2.05, 4.69) is 5.32 Å². The molecule has 6 heteroatoms. The van der Waals surface area contributed by atoms with Gasteiger partial charge in [-0.05, 0) is 51.0 Å². The van der Waals surface area contributed by atoms with Crippen molar-refractivity contribution in [1.82, 2.24) is 10.2 Å². The van der Waals surface area contributed by atoms with Gasteiger partial charge in [0.2, 0.25) is 11.8 Å². The Bertz CT molecular complexity index is 1080. The molecule has 1 N–H and O–H groups in total. The minimum absolute atomic E-state index is 0.131. The van der Waals surface area contributed by atoms with Gasteiger partial charge in [0.1, 0.15) is 6.04 Å². The number of carbonyl (C=O) groups is 2. The lowest BCUT2D eigenvalue weighted by Crippen LogP contribution is -2.52. The number of nitrogens with zero attached hydrogens (tertiary/aromatic N) is 1. The van der Waals surface area contributed by atoms with Gasteiger partial charge in [-0.3, -0.25) is 9.59 Å². The minimum atomic E-state index is -0.721. The van der Waals surface area contributed by atoms with Crippen LogP contribution in [0, 0.1) is 0 Å². The molecule has 0 aliphatic rings. The molecule has 0 radical (unpaired) electrons. The molecular formula is C29H32Cl2N2O2. The zero-order chi connectivity index (χ0) is 25.6. The molecule has 3 aromatic rings. The summed E-state index contributed by atoms with van der Waals surface area (Å²) in [6, 6.07) is 24.4. The second-order valence-electron chi connectivity index (χ2n) is 9.72. The summed E-state index contributed by atoms with van der Waals surface area (Å²) in [5, 5.41) is 3.91. The van der Waals surface area contributed by atoms with E-state index in [1.54, 1.807) is 30.0 Å². The Balaban J connectivity index is 1.97. The van der Waals surface area contributed by atoms with Crippen molar-refractivity contribution in [3.8, 4) is 0 Å². The minimum Gasteiger partial charge on any atom is -0.350 e. The first-order valence-corrected chi connectivity index (χ1v) is 12.5. The maximum Gasteiger partial charge on any atom is 0.242 e. The van der Waals surface area contributed by atoms with Gasteiger partial charge in [0.15, 0.2) is 0 Å². The molecule has 0 aromatic heterocycles. The first-order chi connectivity index (χ1) is 16.6. The first-order valence-electron chi connectivity index (χ1n) is 11.7. The van der Waals surface area contributed by atoms with E-state index < -0.39 is 11.6 Å². The molecule has 2 amide bonds. The summed E-state index contributed by atoms with van der Waals surface area (Å²) in [5.74, 6) is -0.549. The Hall–Kier alpha value is -2.82. The van der Waals surface area contributed by atoms with Gasteiger partial charge in [0, 0.05) is 40.0 Å². The van der Waals surface area contributed by atoms with Gasteiger partial charge in [-0.1, -0.05) is 89.9 Å². The predicted molar refractivity (Wildman–Crippen MR) is 144 cm³/mol. The summed E-state index contributed by atoms with van der Waals surface area (Å²) in [4.78, 5) is 28.6. The molecule has 4 nitrogen and oxygen atoms in total. The molecule has 0 bridgehead atoms. The normalized spacial score (nSPS) is 12.3. The lowest BCUT2D eigenvalue weighted by molar-refractivity contribution is -0.141. The Labute approximate surface area is 218 Å². The average Bonchev–Trinajstić information content (AvgIpc) is 2.82. The molecule has 3 aromatic carbocycles. The van der Waals surface area contributed by atoms with Crippen LogP contribution < -0.4 is 5.32 Å². The molecule has 1 unspecified atom stereocenters. The molecule has 0 aliphatic carbocycles. The Morgan fingerprint density at radius 2 is 1.31 bits per heavy atom. The molecule has 184 valence electrons. The number of benzene rings is 3. The maximum atomic E-state index is 13.9. The molecular weight excluding hydrogens is 479 g/mol. The van der Waals surface area contributed by atoms with Crippen LogP contribution in [0.4, 0.5) is 0 Å². The van der Waals surface area contributed by atoms with Crippen molar-refractivity contribution in [2.24, 2.45) is 0 Å². The summed E-state index contributed by atoms with van der Waals surface area (Å²) < 4.78 is 0. The van der Waals surface area contributed by atoms with Crippen LogP contribution in [-0.2, 0) is 16.1 Å². The Kier molecular flexibility index (Phi) is 8.98. The maximum absolute atomic E-state index is 13.9. The second kappa shape index (κ2) is 11.7. The highest BCUT2D eigenvalue weighted by Gasteiger charge is 2.31. The number of amides is 2. The Morgan fingerprint density at radius 1 is 0.829 bits per heavy atom. The largest absolute Gasteiger partial charge is 0.350 e. The van der Waals surface area contributed by atoms with Gasteiger partial charge < -0.3 is 10.2 Å². The van der Waals surface area contributed by atoms with E-state index in [4.69, 9.17) is 23.2 Å². The average molecular weight is 511 g/mol. The highest BCUT2D eigenvalue weighted by molar-refractivity contribution is 6.36. The van der Waals surface area contributed by atoms with Crippen molar-refractivity contribution in [3.05, 3.63) is 106 Å². The van der Waals surface area contributed by atoms with Crippen LogP contribution >= 0.6 is 23.2 Å². The van der Waals surface area contributed by atoms with Crippen LogP contribution in [0.5, 0.6) is 0 Å². The smallest absolute Gasteiger partial charge is 0.242 e. The Morgan fingerprint density at radius 3 is 1.77 bits per heavy atom. The second-order valence-corrected chi connectivity index (χ2v) is 10.5. The van der Waals surface area contributed by atoms with Crippen LogP contribution in [0.3, 0.4) is 0 Å². The van der Waals surface area contributed by atoms with E-state index in [-0.39, 0.29) is 30.7 Å². The fourth-order valence-electron chi connectivity index (χ4n) is 4.00. The van der Waals surface area contributed by atoms with Crippen LogP contribution in [0.15, 0.2) is 78.9 Å². The summed E-state index contributed by atoms with van der Waals surface area (Å²) >= 11 is 12.9. The van der Waals surface area contributed by atoms with E-state index in [1.807, 2.05) is 81.4 Å². The third kappa shape index (κ3) is 7.33. The molecule has 1 atom stereocenters. The topological polar surface area (TPSA) is 49.4 Å². The molecule has 0 heterocycles. The van der Waals surface area contributed by atoms with Crippen LogP contribution in [0.25, 0.3) is 0 Å². The number of rotatable bonds is 8. The fraction of sp³-hybridized carbons (Fsp3) is 0.310. The van der Waals surface area contributed by atoms with E-state index in [9.17, 15) is 9.59 Å². The van der Waals surface area contributed by atoms with Crippen LogP contribution in [-0.4, -0.2) is 28.3 Å². The molecule has 0 spiro atoms. The van der Waals surface area contributed by atoms with Gasteiger partial charge in [-0.2, -0.15) is 0 Å². The number of nitrogens with one attached hydrogen (secondary N) is 1. The third-order valence-electron chi connectivity index (χ3n) is 5.84. The van der Waals surface area contributed by atoms with E-state index in [0.29, 0.717) is 15.6 Å². The first kappa shape index (κ1) is 26.8. The van der Waals surface area contributed by atoms with Crippen molar-refractivity contribution in [1.29, 1.82) is 0 Å². The SMILES string of the molecule is CC(C(=O)NC(C)(C)C)N(Cc1c(Cl)cccc1Cl)C(=O)CC(c1ccccc1)c1ccccc1. The molecule has 3 rings (SSSR count). The molecule has 0 aliphatic heterocycles. The standard InChI is InChI=1S/C29H32Cl2N2O2/c1-20(28(35)32-29(2,3)4)33(19-24-25(30)16-11-17-26(24)31)27(34)18-23(21-12-7-5-8-13-21)22-14-9-6-10-15-22/h5-17,20,23H,18-19H2,1-4H3,(H,32,35). The van der Waals surface area contributed by atoms with E-state index in [1.165, 1.54) is 0 Å². The van der Waals surface area contributed by atoms with Gasteiger partial charge in [-0.15, -0.1) is 0 Å². The van der Waals surface area contributed by atoms with Crippen molar-refractivity contribution in [2.75, 3.05) is 0 Å². The van der Waals surface area contributed by atoms with Gasteiger partial charge in [0.25, 0.3) is 0 Å². The van der Waals surface area contributed by atoms with Crippen molar-refractivity contribution < 1.29 is 9.59 Å². The summed E-state index contributed by atoms with van der Waals surface area (Å²) in [5.41, 5.74) is 2.26. The van der Waals surface area contributed by atoms with Crippen molar-refractivity contribution in [2.45, 2.75) is 58.2 Å². The van der Waals surface area contributed by atoms with Crippen molar-refractivity contribution >= 4 is 35.0 Å². The summed E-state index contributed by atoms with van der Waals surface area (Å²) in [6.45, 7) is 7.61. The van der Waals surface area contributed by atoms with Gasteiger partial charge in [-0.25, -0.2) is 0 Å². The summed E-state index contributed by atoms with van der Waals surface area (Å²) in [6.07, 6.45) is 0.198. The predicted octanol–water partition coefficient (Wildman–Crippen LogP) is 6.85. The summed E-state index contributed by atoms with van der Waals surface area (Å²) in [7, 11) is 0. The third-order valence-corrected chi connectivity index (χ3v) is 6.55. The molecule has 0 saturated carbocycles. The molecule has 35 heavy (non-hydrogen) atoms. The zero-order valence-corrected chi connectivity index (χ0v) is 22.1. The number of carbonyl (C=O) groups excluding carboxylic acids is 2. The lowest BCUT2D eigenvalue weighted by atomic mass is 9.88. The number of halogens is 2. The highest BCUT2D eigenvalue weighted by atomic mass is 35.5. The van der Waals surface area contributed by atoms with Crippen molar-refractivity contribution in [3.63, 3.8) is 0 Å². The lowest BCUT2D eigenvalue weighted by Gasteiger charge is -2.33. The quantitative estimate of drug-likeness (QED) is 0.360.